The highest BCUT2D eigenvalue weighted by atomic mass is 32.2. The number of amides is 1. The van der Waals surface area contributed by atoms with Crippen LogP contribution in [0.4, 0.5) is 5.69 Å². The van der Waals surface area contributed by atoms with Gasteiger partial charge in [-0.05, 0) is 30.2 Å². The molecule has 6 nitrogen and oxygen atoms in total. The molecule has 0 aliphatic carbocycles. The monoisotopic (exact) mass is 438 g/mol. The maximum atomic E-state index is 13.0. The lowest BCUT2D eigenvalue weighted by Gasteiger charge is -2.26. The minimum Gasteiger partial charge on any atom is -0.492 e. The number of carbonyl (C=O) groups is 1. The molecule has 1 amide bonds. The van der Waals surface area contributed by atoms with Gasteiger partial charge in [-0.1, -0.05) is 72.8 Å². The molecular weight excluding hydrogens is 412 g/mol. The highest BCUT2D eigenvalue weighted by molar-refractivity contribution is 7.92. The van der Waals surface area contributed by atoms with Gasteiger partial charge in [-0.3, -0.25) is 9.10 Å². The van der Waals surface area contributed by atoms with Crippen LogP contribution in [0.15, 0.2) is 84.9 Å². The van der Waals surface area contributed by atoms with E-state index in [1.807, 2.05) is 67.6 Å². The van der Waals surface area contributed by atoms with Gasteiger partial charge in [0.2, 0.25) is 15.9 Å². The van der Waals surface area contributed by atoms with Crippen molar-refractivity contribution in [2.24, 2.45) is 0 Å². The molecule has 0 aromatic heterocycles. The quantitative estimate of drug-likeness (QED) is 0.552. The molecule has 0 heterocycles. The van der Waals surface area contributed by atoms with E-state index in [0.717, 1.165) is 21.7 Å². The molecule has 162 valence electrons. The average molecular weight is 439 g/mol. The normalized spacial score (nSPS) is 11.2. The van der Waals surface area contributed by atoms with Crippen LogP contribution in [-0.2, 0) is 14.8 Å². The Kier molecular flexibility index (Phi) is 7.31. The molecular formula is C24H26N2O4S. The lowest BCUT2D eigenvalue weighted by Crippen LogP contribution is -2.42. The molecule has 31 heavy (non-hydrogen) atoms. The van der Waals surface area contributed by atoms with Crippen LogP contribution in [0.2, 0.25) is 0 Å². The predicted molar refractivity (Wildman–Crippen MR) is 123 cm³/mol. The first-order valence-electron chi connectivity index (χ1n) is 9.99. The fraction of sp³-hybridized carbons (Fsp3) is 0.208. The number of nitrogens with one attached hydrogen (secondary N) is 1. The zero-order valence-corrected chi connectivity index (χ0v) is 18.4. The topological polar surface area (TPSA) is 75.7 Å². The third-order valence-corrected chi connectivity index (χ3v) is 5.82. The Morgan fingerprint density at radius 3 is 1.94 bits per heavy atom. The molecule has 0 bridgehead atoms. The first-order chi connectivity index (χ1) is 14.9. The van der Waals surface area contributed by atoms with Crippen molar-refractivity contribution in [1.29, 1.82) is 0 Å². The fourth-order valence-corrected chi connectivity index (χ4v) is 4.17. The van der Waals surface area contributed by atoms with Crippen LogP contribution in [0, 0.1) is 0 Å². The zero-order valence-electron chi connectivity index (χ0n) is 17.6. The van der Waals surface area contributed by atoms with Gasteiger partial charge in [0.15, 0.2) is 0 Å². The van der Waals surface area contributed by atoms with Crippen molar-refractivity contribution in [3.63, 3.8) is 0 Å². The summed E-state index contributed by atoms with van der Waals surface area (Å²) < 4.78 is 31.7. The lowest BCUT2D eigenvalue weighted by molar-refractivity contribution is -0.120. The van der Waals surface area contributed by atoms with E-state index in [1.165, 1.54) is 0 Å². The van der Waals surface area contributed by atoms with Gasteiger partial charge in [-0.15, -0.1) is 0 Å². The van der Waals surface area contributed by atoms with Crippen molar-refractivity contribution in [2.75, 3.05) is 23.7 Å². The second-order valence-corrected chi connectivity index (χ2v) is 8.90. The van der Waals surface area contributed by atoms with Crippen molar-refractivity contribution in [3.8, 4) is 5.75 Å². The third-order valence-electron chi connectivity index (χ3n) is 4.69. The summed E-state index contributed by atoms with van der Waals surface area (Å²) in [6, 6.07) is 25.5. The molecule has 0 fully saturated rings. The fourth-order valence-electron chi connectivity index (χ4n) is 3.31. The SMILES string of the molecule is CCOc1ccccc1N(CC(=O)NC(c1ccccc1)c1ccccc1)S(C)(=O)=O. The summed E-state index contributed by atoms with van der Waals surface area (Å²) in [4.78, 5) is 13.0. The number of carbonyl (C=O) groups excluding carboxylic acids is 1. The van der Waals surface area contributed by atoms with Crippen LogP contribution in [0.1, 0.15) is 24.1 Å². The summed E-state index contributed by atoms with van der Waals surface area (Å²) in [6.07, 6.45) is 1.08. The molecule has 0 aliphatic rings. The number of benzene rings is 3. The maximum absolute atomic E-state index is 13.0. The predicted octanol–water partition coefficient (Wildman–Crippen LogP) is 3.76. The van der Waals surface area contributed by atoms with E-state index in [1.54, 1.807) is 24.3 Å². The van der Waals surface area contributed by atoms with E-state index >= 15 is 0 Å². The number of hydrogen-bond acceptors (Lipinski definition) is 4. The molecule has 0 saturated heterocycles. The number of para-hydroxylation sites is 2. The number of sulfonamides is 1. The second-order valence-electron chi connectivity index (χ2n) is 6.99. The van der Waals surface area contributed by atoms with Gasteiger partial charge < -0.3 is 10.1 Å². The van der Waals surface area contributed by atoms with Crippen LogP contribution in [0.3, 0.4) is 0 Å². The third kappa shape index (κ3) is 5.86. The smallest absolute Gasteiger partial charge is 0.241 e. The first-order valence-corrected chi connectivity index (χ1v) is 11.8. The highest BCUT2D eigenvalue weighted by Crippen LogP contribution is 2.30. The van der Waals surface area contributed by atoms with E-state index in [4.69, 9.17) is 4.74 Å². The molecule has 7 heteroatoms. The van der Waals surface area contributed by atoms with Gasteiger partial charge in [-0.2, -0.15) is 0 Å². The van der Waals surface area contributed by atoms with Gasteiger partial charge in [0, 0.05) is 0 Å². The number of anilines is 1. The summed E-state index contributed by atoms with van der Waals surface area (Å²) in [5.41, 5.74) is 2.14. The van der Waals surface area contributed by atoms with Gasteiger partial charge >= 0.3 is 0 Å². The summed E-state index contributed by atoms with van der Waals surface area (Å²) in [6.45, 7) is 1.84. The van der Waals surface area contributed by atoms with E-state index in [0.29, 0.717) is 18.0 Å². The van der Waals surface area contributed by atoms with Gasteiger partial charge in [0.05, 0.1) is 24.6 Å². The molecule has 0 spiro atoms. The Balaban J connectivity index is 1.89. The molecule has 0 aliphatic heterocycles. The molecule has 0 radical (unpaired) electrons. The van der Waals surface area contributed by atoms with Crippen molar-refractivity contribution < 1.29 is 17.9 Å². The van der Waals surface area contributed by atoms with E-state index in [2.05, 4.69) is 5.32 Å². The summed E-state index contributed by atoms with van der Waals surface area (Å²) in [5, 5.41) is 2.99. The summed E-state index contributed by atoms with van der Waals surface area (Å²) >= 11 is 0. The molecule has 1 N–H and O–H groups in total. The Labute approximate surface area is 183 Å². The van der Waals surface area contributed by atoms with Gasteiger partial charge in [0.25, 0.3) is 0 Å². The van der Waals surface area contributed by atoms with Gasteiger partial charge in [0.1, 0.15) is 12.3 Å². The van der Waals surface area contributed by atoms with Crippen LogP contribution < -0.4 is 14.4 Å². The average Bonchev–Trinajstić information content (AvgIpc) is 2.77. The van der Waals surface area contributed by atoms with E-state index in [9.17, 15) is 13.2 Å². The van der Waals surface area contributed by atoms with Crippen LogP contribution in [-0.4, -0.2) is 33.7 Å². The minimum atomic E-state index is -3.73. The largest absolute Gasteiger partial charge is 0.492 e. The van der Waals surface area contributed by atoms with Gasteiger partial charge in [-0.25, -0.2) is 8.42 Å². The van der Waals surface area contributed by atoms with E-state index < -0.39 is 22.0 Å². The standard InChI is InChI=1S/C24H26N2O4S/c1-3-30-22-17-11-10-16-21(22)26(31(2,28)29)18-23(27)25-24(19-12-6-4-7-13-19)20-14-8-5-9-15-20/h4-17,24H,3,18H2,1-2H3,(H,25,27). The minimum absolute atomic E-state index is 0.331. The van der Waals surface area contributed by atoms with Crippen molar-refractivity contribution in [1.82, 2.24) is 5.32 Å². The number of nitrogens with zero attached hydrogens (tertiary/aromatic N) is 1. The van der Waals surface area contributed by atoms with Crippen LogP contribution in [0.5, 0.6) is 5.75 Å². The molecule has 0 atom stereocenters. The van der Waals surface area contributed by atoms with Crippen molar-refractivity contribution in [3.05, 3.63) is 96.1 Å². The first kappa shape index (κ1) is 22.4. The van der Waals surface area contributed by atoms with Crippen LogP contribution >= 0.6 is 0 Å². The number of ether oxygens (including phenoxy) is 1. The second kappa shape index (κ2) is 10.1. The highest BCUT2D eigenvalue weighted by Gasteiger charge is 2.25. The van der Waals surface area contributed by atoms with Crippen LogP contribution in [0.25, 0.3) is 0 Å². The lowest BCUT2D eigenvalue weighted by atomic mass is 9.99. The number of hydrogen-bond donors (Lipinski definition) is 1. The maximum Gasteiger partial charge on any atom is 0.241 e. The Hall–Kier alpha value is -3.32. The van der Waals surface area contributed by atoms with Crippen molar-refractivity contribution in [2.45, 2.75) is 13.0 Å². The van der Waals surface area contributed by atoms with Crippen molar-refractivity contribution >= 4 is 21.6 Å². The number of rotatable bonds is 9. The summed E-state index contributed by atoms with van der Waals surface area (Å²) in [5.74, 6) is -0.0136. The zero-order chi connectivity index (χ0) is 22.3. The Morgan fingerprint density at radius 1 is 0.903 bits per heavy atom. The molecule has 0 saturated carbocycles. The molecule has 0 unspecified atom stereocenters. The molecule has 3 rings (SSSR count). The van der Waals surface area contributed by atoms with E-state index in [-0.39, 0.29) is 6.54 Å². The summed E-state index contributed by atoms with van der Waals surface area (Å²) in [7, 11) is -3.73. The molecule has 3 aromatic carbocycles. The Bertz CT molecular complexity index is 1060. The Morgan fingerprint density at radius 2 is 1.42 bits per heavy atom. The molecule has 3 aromatic rings.